The highest BCUT2D eigenvalue weighted by atomic mass is 79.9. The van der Waals surface area contributed by atoms with Gasteiger partial charge in [0.15, 0.2) is 10.8 Å². The lowest BCUT2D eigenvalue weighted by atomic mass is 10.0. The number of nitrogens with zero attached hydrogens (tertiary/aromatic N) is 3. The minimum absolute atomic E-state index is 0.174. The molecule has 2 aliphatic rings. The number of carboxylic acids is 1. The molecule has 1 unspecified atom stereocenters. The van der Waals surface area contributed by atoms with E-state index >= 15 is 0 Å². The molecular weight excluding hydrogens is 603 g/mol. The maximum Gasteiger partial charge on any atom is 0.337 e. The van der Waals surface area contributed by atoms with Crippen molar-refractivity contribution in [3.63, 3.8) is 0 Å². The highest BCUT2D eigenvalue weighted by molar-refractivity contribution is 9.10. The maximum atomic E-state index is 12.5. The normalized spacial score (nSPS) is 16.9. The van der Waals surface area contributed by atoms with Crippen LogP contribution in [0.2, 0.25) is 0 Å². The Kier molecular flexibility index (Phi) is 15.6. The number of esters is 1. The summed E-state index contributed by atoms with van der Waals surface area (Å²) in [5.41, 5.74) is 1.32. The van der Waals surface area contributed by atoms with Gasteiger partial charge < -0.3 is 19.9 Å². The van der Waals surface area contributed by atoms with Crippen molar-refractivity contribution in [3.05, 3.63) is 62.4 Å². The van der Waals surface area contributed by atoms with Crippen LogP contribution in [0.5, 0.6) is 0 Å². The predicted molar refractivity (Wildman–Crippen MR) is 158 cm³/mol. The van der Waals surface area contributed by atoms with Gasteiger partial charge in [0.1, 0.15) is 5.82 Å². The molecule has 1 saturated heterocycles. The predicted octanol–water partition coefficient (Wildman–Crippen LogP) is 5.27. The minimum atomic E-state index is -0.767. The molecule has 40 heavy (non-hydrogen) atoms. The van der Waals surface area contributed by atoms with Gasteiger partial charge >= 0.3 is 11.9 Å². The van der Waals surface area contributed by atoms with Crippen molar-refractivity contribution in [1.29, 1.82) is 0 Å². The number of carbonyl (C=O) groups is 2. The van der Waals surface area contributed by atoms with Gasteiger partial charge in [0, 0.05) is 47.3 Å². The number of aliphatic imine (C=N–C) groups is 1. The summed E-state index contributed by atoms with van der Waals surface area (Å²) < 4.78 is 23.8. The fraction of sp³-hybridized carbons (Fsp3) is 0.500. The Morgan fingerprint density at radius 2 is 2.12 bits per heavy atom. The second-order valence-corrected chi connectivity index (χ2v) is 10.4. The van der Waals surface area contributed by atoms with Crippen molar-refractivity contribution in [2.45, 2.75) is 52.5 Å². The van der Waals surface area contributed by atoms with Gasteiger partial charge in [0.25, 0.3) is 0 Å². The number of ether oxygens (including phenoxy) is 2. The molecule has 4 rings (SSSR count). The zero-order valence-electron chi connectivity index (χ0n) is 23.2. The van der Waals surface area contributed by atoms with Crippen LogP contribution >= 0.6 is 27.3 Å². The van der Waals surface area contributed by atoms with Crippen LogP contribution in [0.15, 0.2) is 56.6 Å². The molecule has 0 spiro atoms. The highest BCUT2D eigenvalue weighted by Gasteiger charge is 2.29. The summed E-state index contributed by atoms with van der Waals surface area (Å²) >= 11 is 4.61. The monoisotopic (exact) mass is 640 g/mol. The Balaban J connectivity index is 0.000000475. The van der Waals surface area contributed by atoms with E-state index in [-0.39, 0.29) is 30.8 Å². The molecule has 1 fully saturated rings. The van der Waals surface area contributed by atoms with Crippen LogP contribution in [-0.4, -0.2) is 78.3 Å². The number of thiazole rings is 1. The molecule has 0 amide bonds. The fourth-order valence-corrected chi connectivity index (χ4v) is 4.97. The standard InChI is InChI=1S/C20H28N4O5S.C6H4BrF.C2H6/c1-2-29-20(27)15-11-22-18(19-21-7-10-30-19)23-16(15)12-24-8-9-28-13-14(24)5-3-4-6-17(25)26;7-5-2-1-3-6(8)4-5;1-2/h7,10,14H,2-6,8-9,11-13H2,1H3,(H,22,23)(H,25,26);1-4H;1-2H3. The van der Waals surface area contributed by atoms with Gasteiger partial charge in [0.05, 0.1) is 31.9 Å². The van der Waals surface area contributed by atoms with Crippen molar-refractivity contribution < 1.29 is 28.6 Å². The second-order valence-electron chi connectivity index (χ2n) is 8.58. The number of rotatable bonds is 10. The van der Waals surface area contributed by atoms with Crippen LogP contribution in [0.25, 0.3) is 0 Å². The largest absolute Gasteiger partial charge is 0.481 e. The summed E-state index contributed by atoms with van der Waals surface area (Å²) in [5.74, 6) is -0.664. The lowest BCUT2D eigenvalue weighted by Crippen LogP contribution is -2.48. The van der Waals surface area contributed by atoms with Gasteiger partial charge in [0.2, 0.25) is 0 Å². The zero-order valence-corrected chi connectivity index (χ0v) is 25.6. The number of aromatic nitrogens is 1. The van der Waals surface area contributed by atoms with Crippen LogP contribution in [0, 0.1) is 5.82 Å². The Labute approximate surface area is 247 Å². The van der Waals surface area contributed by atoms with Crippen LogP contribution in [-0.2, 0) is 19.1 Å². The van der Waals surface area contributed by atoms with Crippen molar-refractivity contribution in [2.75, 3.05) is 39.5 Å². The van der Waals surface area contributed by atoms with Crippen LogP contribution in [0.4, 0.5) is 4.39 Å². The first-order chi connectivity index (χ1) is 19.4. The highest BCUT2D eigenvalue weighted by Crippen LogP contribution is 2.20. The molecule has 220 valence electrons. The SMILES string of the molecule is CC.CCOC(=O)C1=C(CN2CCOCC2CCCCC(=O)O)NC(c2nccs2)=NC1.Fc1cccc(Br)c1. The Bertz CT molecular complexity index is 1110. The third-order valence-electron chi connectivity index (χ3n) is 5.86. The number of morpholine rings is 1. The molecule has 0 saturated carbocycles. The summed E-state index contributed by atoms with van der Waals surface area (Å²) in [6.07, 6.45) is 4.22. The second kappa shape index (κ2) is 18.6. The molecule has 12 heteroatoms. The van der Waals surface area contributed by atoms with Crippen LogP contribution in [0.3, 0.4) is 0 Å². The summed E-state index contributed by atoms with van der Waals surface area (Å²) in [6, 6.07) is 6.43. The number of unbranched alkanes of at least 4 members (excludes halogenated alkanes) is 1. The molecule has 9 nitrogen and oxygen atoms in total. The van der Waals surface area contributed by atoms with E-state index in [0.29, 0.717) is 44.2 Å². The minimum Gasteiger partial charge on any atom is -0.481 e. The first-order valence-corrected chi connectivity index (χ1v) is 15.1. The van der Waals surface area contributed by atoms with Gasteiger partial charge in [-0.15, -0.1) is 11.3 Å². The quantitative estimate of drug-likeness (QED) is 0.267. The molecule has 2 aliphatic heterocycles. The van der Waals surface area contributed by atoms with Crippen molar-refractivity contribution in [2.24, 2.45) is 4.99 Å². The van der Waals surface area contributed by atoms with E-state index < -0.39 is 5.97 Å². The van der Waals surface area contributed by atoms with Crippen LogP contribution in [0.1, 0.15) is 51.5 Å². The van der Waals surface area contributed by atoms with E-state index in [0.717, 1.165) is 34.6 Å². The van der Waals surface area contributed by atoms with Gasteiger partial charge in [-0.2, -0.15) is 0 Å². The molecule has 1 aromatic carbocycles. The van der Waals surface area contributed by atoms with Gasteiger partial charge in [-0.05, 0) is 38.0 Å². The molecule has 3 heterocycles. The number of hydrogen-bond donors (Lipinski definition) is 2. The first kappa shape index (κ1) is 33.5. The van der Waals surface area contributed by atoms with E-state index in [9.17, 15) is 14.0 Å². The number of carboxylic acid groups (broad SMARTS) is 1. The zero-order chi connectivity index (χ0) is 29.3. The van der Waals surface area contributed by atoms with E-state index in [4.69, 9.17) is 14.6 Å². The molecule has 1 aromatic heterocycles. The number of hydrogen-bond acceptors (Lipinski definition) is 9. The molecule has 1 atom stereocenters. The average molecular weight is 642 g/mol. The third-order valence-corrected chi connectivity index (χ3v) is 7.13. The average Bonchev–Trinajstić information content (AvgIpc) is 3.49. The fourth-order valence-electron chi connectivity index (χ4n) is 4.00. The Hall–Kier alpha value is -2.67. The number of halogens is 2. The van der Waals surface area contributed by atoms with Crippen molar-refractivity contribution in [1.82, 2.24) is 15.2 Å². The summed E-state index contributed by atoms with van der Waals surface area (Å²) in [7, 11) is 0. The number of carbonyl (C=O) groups excluding carboxylic acids is 1. The van der Waals surface area contributed by atoms with Crippen LogP contribution < -0.4 is 5.32 Å². The molecule has 2 N–H and O–H groups in total. The topological polar surface area (TPSA) is 113 Å². The number of aliphatic carboxylic acids is 1. The molecule has 0 aliphatic carbocycles. The van der Waals surface area contributed by atoms with Gasteiger partial charge in [-0.1, -0.05) is 42.3 Å². The molecule has 0 radical (unpaired) electrons. The maximum absolute atomic E-state index is 12.5. The van der Waals surface area contributed by atoms with Crippen molar-refractivity contribution >= 4 is 45.0 Å². The van der Waals surface area contributed by atoms with E-state index in [1.165, 1.54) is 23.5 Å². The smallest absolute Gasteiger partial charge is 0.337 e. The van der Waals surface area contributed by atoms with E-state index in [1.54, 1.807) is 25.3 Å². The van der Waals surface area contributed by atoms with E-state index in [2.05, 4.69) is 36.1 Å². The lowest BCUT2D eigenvalue weighted by Gasteiger charge is -2.37. The summed E-state index contributed by atoms with van der Waals surface area (Å²) in [4.78, 5) is 34.3. The Morgan fingerprint density at radius 1 is 1.32 bits per heavy atom. The van der Waals surface area contributed by atoms with Gasteiger partial charge in [-0.3, -0.25) is 14.7 Å². The van der Waals surface area contributed by atoms with E-state index in [1.807, 2.05) is 19.2 Å². The summed E-state index contributed by atoms with van der Waals surface area (Å²) in [6.45, 7) is 8.86. The number of amidine groups is 1. The van der Waals surface area contributed by atoms with Gasteiger partial charge in [-0.25, -0.2) is 14.2 Å². The van der Waals surface area contributed by atoms with Crippen molar-refractivity contribution in [3.8, 4) is 0 Å². The first-order valence-electron chi connectivity index (χ1n) is 13.4. The molecule has 2 aromatic rings. The lowest BCUT2D eigenvalue weighted by molar-refractivity contribution is -0.139. The third kappa shape index (κ3) is 11.4. The number of benzene rings is 1. The Morgan fingerprint density at radius 3 is 2.75 bits per heavy atom. The molecular formula is C28H38BrFN4O5S. The number of nitrogens with one attached hydrogen (secondary N) is 1. The summed E-state index contributed by atoms with van der Waals surface area (Å²) in [5, 5.41) is 14.8. The molecule has 0 bridgehead atoms.